The molecule has 0 bridgehead atoms. The van der Waals surface area contributed by atoms with E-state index >= 15 is 0 Å². The van der Waals surface area contributed by atoms with Gasteiger partial charge in [0.05, 0.1) is 6.10 Å². The van der Waals surface area contributed by atoms with E-state index < -0.39 is 6.10 Å². The van der Waals surface area contributed by atoms with Gasteiger partial charge in [0.2, 0.25) is 0 Å². The molecule has 1 saturated heterocycles. The summed E-state index contributed by atoms with van der Waals surface area (Å²) in [5.41, 5.74) is 1.98. The third-order valence-corrected chi connectivity index (χ3v) is 3.91. The predicted molar refractivity (Wildman–Crippen MR) is 72.7 cm³/mol. The Balaban J connectivity index is 2.14. The molecule has 1 fully saturated rings. The van der Waals surface area contributed by atoms with Gasteiger partial charge in [-0.25, -0.2) is 0 Å². The van der Waals surface area contributed by atoms with Gasteiger partial charge in [0, 0.05) is 23.8 Å². The predicted octanol–water partition coefficient (Wildman–Crippen LogP) is 3.63. The van der Waals surface area contributed by atoms with Crippen LogP contribution in [0.2, 0.25) is 5.02 Å². The van der Waals surface area contributed by atoms with E-state index in [0.29, 0.717) is 5.02 Å². The van der Waals surface area contributed by atoms with Gasteiger partial charge >= 0.3 is 0 Å². The lowest BCUT2D eigenvalue weighted by Gasteiger charge is -2.32. The fourth-order valence-corrected chi connectivity index (χ4v) is 2.65. The van der Waals surface area contributed by atoms with E-state index in [2.05, 4.69) is 17.9 Å². The van der Waals surface area contributed by atoms with Crippen LogP contribution in [0.1, 0.15) is 38.4 Å². The van der Waals surface area contributed by atoms with E-state index in [-0.39, 0.29) is 0 Å². The number of anilines is 1. The molecule has 1 aliphatic heterocycles. The van der Waals surface area contributed by atoms with Crippen molar-refractivity contribution in [3.05, 3.63) is 28.8 Å². The highest BCUT2D eigenvalue weighted by Gasteiger charge is 2.17. The van der Waals surface area contributed by atoms with E-state index in [1.54, 1.807) is 6.92 Å². The van der Waals surface area contributed by atoms with Crippen LogP contribution in [0.15, 0.2) is 18.2 Å². The van der Waals surface area contributed by atoms with Crippen molar-refractivity contribution in [3.8, 4) is 0 Å². The zero-order valence-electron chi connectivity index (χ0n) is 10.5. The van der Waals surface area contributed by atoms with Crippen LogP contribution in [0.3, 0.4) is 0 Å². The number of aliphatic hydroxyl groups excluding tert-OH is 1. The first-order valence-corrected chi connectivity index (χ1v) is 6.68. The van der Waals surface area contributed by atoms with Gasteiger partial charge in [0.25, 0.3) is 0 Å². The van der Waals surface area contributed by atoms with Gasteiger partial charge in [-0.15, -0.1) is 0 Å². The monoisotopic (exact) mass is 253 g/mol. The molecule has 1 aromatic carbocycles. The Morgan fingerprint density at radius 3 is 2.53 bits per heavy atom. The number of hydrogen-bond donors (Lipinski definition) is 1. The Labute approximate surface area is 108 Å². The third-order valence-electron chi connectivity index (χ3n) is 3.58. The second-order valence-electron chi connectivity index (χ2n) is 5.05. The van der Waals surface area contributed by atoms with Crippen molar-refractivity contribution in [2.45, 2.75) is 32.8 Å². The lowest BCUT2D eigenvalue weighted by molar-refractivity contribution is 0.199. The van der Waals surface area contributed by atoms with Gasteiger partial charge in [-0.1, -0.05) is 24.6 Å². The van der Waals surface area contributed by atoms with Crippen molar-refractivity contribution >= 4 is 17.3 Å². The van der Waals surface area contributed by atoms with Gasteiger partial charge < -0.3 is 10.0 Å². The van der Waals surface area contributed by atoms with E-state index in [1.165, 1.54) is 18.5 Å². The molecule has 1 N–H and O–H groups in total. The van der Waals surface area contributed by atoms with Crippen LogP contribution >= 0.6 is 11.6 Å². The molecule has 0 aliphatic carbocycles. The second-order valence-corrected chi connectivity index (χ2v) is 5.46. The molecule has 3 heteroatoms. The van der Waals surface area contributed by atoms with Crippen LogP contribution in [0.25, 0.3) is 0 Å². The first-order chi connectivity index (χ1) is 8.08. The molecule has 0 spiro atoms. The van der Waals surface area contributed by atoms with Crippen molar-refractivity contribution in [1.82, 2.24) is 0 Å². The molecule has 94 valence electrons. The van der Waals surface area contributed by atoms with E-state index in [9.17, 15) is 5.11 Å². The molecule has 0 saturated carbocycles. The van der Waals surface area contributed by atoms with Crippen LogP contribution in [0.4, 0.5) is 5.69 Å². The van der Waals surface area contributed by atoms with Crippen molar-refractivity contribution in [3.63, 3.8) is 0 Å². The van der Waals surface area contributed by atoms with Crippen LogP contribution in [-0.2, 0) is 0 Å². The molecule has 2 rings (SSSR count). The smallest absolute Gasteiger partial charge is 0.0776 e. The van der Waals surface area contributed by atoms with Gasteiger partial charge in [-0.3, -0.25) is 0 Å². The summed E-state index contributed by atoms with van der Waals surface area (Å²) in [6, 6.07) is 5.96. The fourth-order valence-electron chi connectivity index (χ4n) is 2.32. The normalized spacial score (nSPS) is 19.4. The molecule has 1 heterocycles. The van der Waals surface area contributed by atoms with E-state index in [4.69, 9.17) is 11.6 Å². The van der Waals surface area contributed by atoms with Crippen molar-refractivity contribution in [2.24, 2.45) is 5.92 Å². The lowest BCUT2D eigenvalue weighted by atomic mass is 9.98. The Morgan fingerprint density at radius 1 is 1.35 bits per heavy atom. The maximum atomic E-state index is 9.54. The summed E-state index contributed by atoms with van der Waals surface area (Å²) in [5.74, 6) is 0.832. The number of benzene rings is 1. The number of aliphatic hydroxyl groups is 1. The van der Waals surface area contributed by atoms with Crippen LogP contribution in [0.5, 0.6) is 0 Å². The minimum Gasteiger partial charge on any atom is -0.389 e. The summed E-state index contributed by atoms with van der Waals surface area (Å²) in [4.78, 5) is 2.37. The number of hydrogen-bond acceptors (Lipinski definition) is 2. The number of rotatable bonds is 2. The average molecular weight is 254 g/mol. The second kappa shape index (κ2) is 5.28. The summed E-state index contributed by atoms with van der Waals surface area (Å²) >= 11 is 6.19. The Kier molecular flexibility index (Phi) is 3.95. The molecule has 0 amide bonds. The fraction of sp³-hybridized carbons (Fsp3) is 0.571. The van der Waals surface area contributed by atoms with Crippen LogP contribution in [-0.4, -0.2) is 18.2 Å². The molecular formula is C14H20ClNO. The molecule has 1 aliphatic rings. The summed E-state index contributed by atoms with van der Waals surface area (Å²) < 4.78 is 0. The quantitative estimate of drug-likeness (QED) is 0.870. The SMILES string of the molecule is CC1CCN(c2ccc(C(C)O)c(Cl)c2)CC1. The molecule has 1 atom stereocenters. The highest BCUT2D eigenvalue weighted by molar-refractivity contribution is 6.31. The standard InChI is InChI=1S/C14H20ClNO/c1-10-5-7-16(8-6-10)12-3-4-13(11(2)17)14(15)9-12/h3-4,9-11,17H,5-8H2,1-2H3. The average Bonchev–Trinajstić information content (AvgIpc) is 2.29. The van der Waals surface area contributed by atoms with Crippen molar-refractivity contribution in [1.29, 1.82) is 0 Å². The number of halogens is 1. The Morgan fingerprint density at radius 2 is 2.00 bits per heavy atom. The highest BCUT2D eigenvalue weighted by Crippen LogP contribution is 2.30. The summed E-state index contributed by atoms with van der Waals surface area (Å²) in [7, 11) is 0. The van der Waals surface area contributed by atoms with E-state index in [0.717, 1.165) is 24.6 Å². The summed E-state index contributed by atoms with van der Waals surface area (Å²) in [6.07, 6.45) is 1.99. The van der Waals surface area contributed by atoms with Crippen LogP contribution in [0, 0.1) is 5.92 Å². The molecule has 0 aromatic heterocycles. The number of nitrogens with zero attached hydrogens (tertiary/aromatic N) is 1. The summed E-state index contributed by atoms with van der Waals surface area (Å²) in [6.45, 7) is 6.25. The van der Waals surface area contributed by atoms with Gasteiger partial charge in [-0.05, 0) is 43.4 Å². The maximum absolute atomic E-state index is 9.54. The first kappa shape index (κ1) is 12.7. The topological polar surface area (TPSA) is 23.5 Å². The molecule has 1 aromatic rings. The zero-order valence-corrected chi connectivity index (χ0v) is 11.2. The molecule has 0 radical (unpaired) electrons. The molecule has 1 unspecified atom stereocenters. The number of piperidine rings is 1. The largest absolute Gasteiger partial charge is 0.389 e. The van der Waals surface area contributed by atoms with Gasteiger partial charge in [-0.2, -0.15) is 0 Å². The zero-order chi connectivity index (χ0) is 12.4. The minimum absolute atomic E-state index is 0.502. The molecule has 17 heavy (non-hydrogen) atoms. The maximum Gasteiger partial charge on any atom is 0.0776 e. The Bertz CT molecular complexity index is 384. The summed E-state index contributed by atoms with van der Waals surface area (Å²) in [5, 5.41) is 10.2. The minimum atomic E-state index is -0.502. The first-order valence-electron chi connectivity index (χ1n) is 6.30. The van der Waals surface area contributed by atoms with E-state index in [1.807, 2.05) is 12.1 Å². The molecule has 2 nitrogen and oxygen atoms in total. The third kappa shape index (κ3) is 2.93. The lowest BCUT2D eigenvalue weighted by Crippen LogP contribution is -2.32. The van der Waals surface area contributed by atoms with Crippen LogP contribution < -0.4 is 4.90 Å². The molecular weight excluding hydrogens is 234 g/mol. The highest BCUT2D eigenvalue weighted by atomic mass is 35.5. The Hall–Kier alpha value is -0.730. The van der Waals surface area contributed by atoms with Crippen molar-refractivity contribution in [2.75, 3.05) is 18.0 Å². The van der Waals surface area contributed by atoms with Gasteiger partial charge in [0.15, 0.2) is 0 Å². The van der Waals surface area contributed by atoms with Gasteiger partial charge in [0.1, 0.15) is 0 Å². The van der Waals surface area contributed by atoms with Crippen molar-refractivity contribution < 1.29 is 5.11 Å².